The summed E-state index contributed by atoms with van der Waals surface area (Å²) in [7, 11) is 0. The minimum absolute atomic E-state index is 0.809. The van der Waals surface area contributed by atoms with Crippen molar-refractivity contribution in [2.45, 2.75) is 20.3 Å². The monoisotopic (exact) mass is 223 g/mol. The highest BCUT2D eigenvalue weighted by atomic mass is 35.5. The molecule has 1 fully saturated rings. The molecule has 0 saturated carbocycles. The van der Waals surface area contributed by atoms with Crippen LogP contribution in [0.1, 0.15) is 20.3 Å². The molecule has 2 rings (SSSR count). The third-order valence-corrected chi connectivity index (χ3v) is 3.27. The van der Waals surface area contributed by atoms with Crippen LogP contribution in [0.2, 0.25) is 5.02 Å². The summed E-state index contributed by atoms with van der Waals surface area (Å²) in [5.41, 5.74) is 1.19. The van der Waals surface area contributed by atoms with Gasteiger partial charge >= 0.3 is 0 Å². The summed E-state index contributed by atoms with van der Waals surface area (Å²) < 4.78 is 0. The molecule has 0 unspecified atom stereocenters. The second kappa shape index (κ2) is 4.44. The van der Waals surface area contributed by atoms with E-state index in [0.29, 0.717) is 0 Å². The molecule has 0 atom stereocenters. The summed E-state index contributed by atoms with van der Waals surface area (Å²) in [6.07, 6.45) is 1.33. The number of rotatable bonds is 3. The SMILES string of the molecule is CC(C)CC1CN(c2ccccc2Cl)C1. The molecule has 0 amide bonds. The van der Waals surface area contributed by atoms with Crippen molar-refractivity contribution in [1.29, 1.82) is 0 Å². The van der Waals surface area contributed by atoms with Gasteiger partial charge in [-0.3, -0.25) is 0 Å². The lowest BCUT2D eigenvalue weighted by atomic mass is 9.90. The van der Waals surface area contributed by atoms with Crippen LogP contribution in [0.3, 0.4) is 0 Å². The Morgan fingerprint density at radius 3 is 2.60 bits per heavy atom. The molecule has 15 heavy (non-hydrogen) atoms. The molecular formula is C13H18ClN. The second-order valence-electron chi connectivity index (χ2n) is 4.85. The minimum Gasteiger partial charge on any atom is -0.370 e. The van der Waals surface area contributed by atoms with Crippen LogP contribution in [0.25, 0.3) is 0 Å². The molecule has 1 aromatic carbocycles. The lowest BCUT2D eigenvalue weighted by molar-refractivity contribution is 0.338. The molecule has 0 aliphatic carbocycles. The fraction of sp³-hybridized carbons (Fsp3) is 0.538. The smallest absolute Gasteiger partial charge is 0.0639 e. The average Bonchev–Trinajstić information content (AvgIpc) is 2.12. The lowest BCUT2D eigenvalue weighted by Crippen LogP contribution is -2.47. The molecule has 1 saturated heterocycles. The molecule has 1 aromatic rings. The topological polar surface area (TPSA) is 3.24 Å². The number of benzene rings is 1. The van der Waals surface area contributed by atoms with Gasteiger partial charge in [0.05, 0.1) is 10.7 Å². The van der Waals surface area contributed by atoms with Gasteiger partial charge in [0.1, 0.15) is 0 Å². The van der Waals surface area contributed by atoms with Gasteiger partial charge in [-0.25, -0.2) is 0 Å². The van der Waals surface area contributed by atoms with E-state index in [9.17, 15) is 0 Å². The van der Waals surface area contributed by atoms with E-state index in [1.807, 2.05) is 12.1 Å². The van der Waals surface area contributed by atoms with Crippen molar-refractivity contribution in [3.05, 3.63) is 29.3 Å². The number of anilines is 1. The number of para-hydroxylation sites is 1. The molecule has 82 valence electrons. The predicted molar refractivity (Wildman–Crippen MR) is 66.6 cm³/mol. The first-order valence-electron chi connectivity index (χ1n) is 5.66. The van der Waals surface area contributed by atoms with Crippen LogP contribution in [-0.2, 0) is 0 Å². The molecule has 1 aliphatic rings. The van der Waals surface area contributed by atoms with E-state index in [-0.39, 0.29) is 0 Å². The quantitative estimate of drug-likeness (QED) is 0.753. The first kappa shape index (κ1) is 10.8. The van der Waals surface area contributed by atoms with Crippen molar-refractivity contribution in [2.24, 2.45) is 11.8 Å². The van der Waals surface area contributed by atoms with E-state index in [1.165, 1.54) is 25.2 Å². The normalized spacial score (nSPS) is 16.9. The van der Waals surface area contributed by atoms with Crippen molar-refractivity contribution >= 4 is 17.3 Å². The summed E-state index contributed by atoms with van der Waals surface area (Å²) in [6, 6.07) is 8.11. The standard InChI is InChI=1S/C13H18ClN/c1-10(2)7-11-8-15(9-11)13-6-4-3-5-12(13)14/h3-6,10-11H,7-9H2,1-2H3. The first-order valence-corrected chi connectivity index (χ1v) is 6.04. The van der Waals surface area contributed by atoms with Gasteiger partial charge in [-0.1, -0.05) is 37.6 Å². The fourth-order valence-electron chi connectivity index (χ4n) is 2.29. The highest BCUT2D eigenvalue weighted by Crippen LogP contribution is 2.33. The van der Waals surface area contributed by atoms with E-state index < -0.39 is 0 Å². The molecule has 1 aliphatic heterocycles. The van der Waals surface area contributed by atoms with Gasteiger partial charge in [-0.2, -0.15) is 0 Å². The summed E-state index contributed by atoms with van der Waals surface area (Å²) in [5.74, 6) is 1.67. The summed E-state index contributed by atoms with van der Waals surface area (Å²) >= 11 is 6.14. The fourth-order valence-corrected chi connectivity index (χ4v) is 2.55. The Kier molecular flexibility index (Phi) is 3.20. The molecular weight excluding hydrogens is 206 g/mol. The van der Waals surface area contributed by atoms with E-state index in [0.717, 1.165) is 16.9 Å². The van der Waals surface area contributed by atoms with E-state index in [2.05, 4.69) is 30.9 Å². The average molecular weight is 224 g/mol. The predicted octanol–water partition coefficient (Wildman–Crippen LogP) is 3.82. The first-order chi connectivity index (χ1) is 7.16. The summed E-state index contributed by atoms with van der Waals surface area (Å²) in [5, 5.41) is 0.875. The zero-order valence-electron chi connectivity index (χ0n) is 9.41. The molecule has 0 aromatic heterocycles. The number of nitrogens with zero attached hydrogens (tertiary/aromatic N) is 1. The third kappa shape index (κ3) is 2.46. The summed E-state index contributed by atoms with van der Waals surface area (Å²) in [4.78, 5) is 2.37. The van der Waals surface area contributed by atoms with Gasteiger partial charge in [-0.05, 0) is 30.4 Å². The van der Waals surface area contributed by atoms with Crippen molar-refractivity contribution in [3.8, 4) is 0 Å². The highest BCUT2D eigenvalue weighted by Gasteiger charge is 2.28. The van der Waals surface area contributed by atoms with Crippen LogP contribution < -0.4 is 4.90 Å². The zero-order chi connectivity index (χ0) is 10.8. The maximum Gasteiger partial charge on any atom is 0.0639 e. The lowest BCUT2D eigenvalue weighted by Gasteiger charge is -2.42. The largest absolute Gasteiger partial charge is 0.370 e. The Morgan fingerprint density at radius 2 is 2.00 bits per heavy atom. The van der Waals surface area contributed by atoms with Crippen molar-refractivity contribution in [1.82, 2.24) is 0 Å². The van der Waals surface area contributed by atoms with E-state index >= 15 is 0 Å². The highest BCUT2D eigenvalue weighted by molar-refractivity contribution is 6.33. The van der Waals surface area contributed by atoms with Crippen molar-refractivity contribution in [2.75, 3.05) is 18.0 Å². The Bertz CT molecular complexity index is 329. The van der Waals surface area contributed by atoms with Gasteiger partial charge < -0.3 is 4.90 Å². The van der Waals surface area contributed by atoms with Crippen LogP contribution in [-0.4, -0.2) is 13.1 Å². The van der Waals surface area contributed by atoms with Gasteiger partial charge in [-0.15, -0.1) is 0 Å². The zero-order valence-corrected chi connectivity index (χ0v) is 10.2. The van der Waals surface area contributed by atoms with Gasteiger partial charge in [0.15, 0.2) is 0 Å². The van der Waals surface area contributed by atoms with Gasteiger partial charge in [0.25, 0.3) is 0 Å². The maximum atomic E-state index is 6.14. The van der Waals surface area contributed by atoms with Crippen molar-refractivity contribution in [3.63, 3.8) is 0 Å². The van der Waals surface area contributed by atoms with Gasteiger partial charge in [0.2, 0.25) is 0 Å². The maximum absolute atomic E-state index is 6.14. The van der Waals surface area contributed by atoms with Gasteiger partial charge in [0, 0.05) is 13.1 Å². The van der Waals surface area contributed by atoms with Crippen LogP contribution >= 0.6 is 11.6 Å². The number of hydrogen-bond acceptors (Lipinski definition) is 1. The van der Waals surface area contributed by atoms with Crippen LogP contribution in [0.4, 0.5) is 5.69 Å². The van der Waals surface area contributed by atoms with E-state index in [1.54, 1.807) is 0 Å². The Balaban J connectivity index is 1.92. The molecule has 0 bridgehead atoms. The second-order valence-corrected chi connectivity index (χ2v) is 5.26. The number of hydrogen-bond donors (Lipinski definition) is 0. The van der Waals surface area contributed by atoms with Crippen LogP contribution in [0.5, 0.6) is 0 Å². The Hall–Kier alpha value is -0.690. The Labute approximate surface area is 97.0 Å². The van der Waals surface area contributed by atoms with Crippen LogP contribution in [0, 0.1) is 11.8 Å². The molecule has 1 heterocycles. The molecule has 0 radical (unpaired) electrons. The molecule has 0 spiro atoms. The summed E-state index contributed by atoms with van der Waals surface area (Å²) in [6.45, 7) is 6.92. The molecule has 0 N–H and O–H groups in total. The number of halogens is 1. The molecule has 2 heteroatoms. The molecule has 1 nitrogen and oxygen atoms in total. The third-order valence-electron chi connectivity index (χ3n) is 2.96. The van der Waals surface area contributed by atoms with Crippen LogP contribution in [0.15, 0.2) is 24.3 Å². The minimum atomic E-state index is 0.809. The van der Waals surface area contributed by atoms with Crippen molar-refractivity contribution < 1.29 is 0 Å². The Morgan fingerprint density at radius 1 is 1.33 bits per heavy atom. The van der Waals surface area contributed by atoms with E-state index in [4.69, 9.17) is 11.6 Å².